The van der Waals surface area contributed by atoms with Crippen LogP contribution >= 0.6 is 23.4 Å². The number of hydrogen-bond acceptors (Lipinski definition) is 3. The zero-order chi connectivity index (χ0) is 12.3. The van der Waals surface area contributed by atoms with Gasteiger partial charge in [0.25, 0.3) is 0 Å². The van der Waals surface area contributed by atoms with Gasteiger partial charge in [-0.3, -0.25) is 0 Å². The molecule has 17 heavy (non-hydrogen) atoms. The molecule has 0 aliphatic carbocycles. The quantitative estimate of drug-likeness (QED) is 0.920. The first-order valence-corrected chi connectivity index (χ1v) is 6.48. The van der Waals surface area contributed by atoms with Gasteiger partial charge in [0.1, 0.15) is 5.03 Å². The highest BCUT2D eigenvalue weighted by molar-refractivity contribution is 7.99. The molecular weight excluding hydrogens is 252 g/mol. The highest BCUT2D eigenvalue weighted by atomic mass is 35.5. The van der Waals surface area contributed by atoms with E-state index in [1.165, 1.54) is 0 Å². The SMILES string of the molecule is Cc1cc(CN)cnc1Sc1ccccc1Cl. The van der Waals surface area contributed by atoms with Crippen molar-refractivity contribution in [3.8, 4) is 0 Å². The molecule has 0 unspecified atom stereocenters. The van der Waals surface area contributed by atoms with Gasteiger partial charge in [-0.2, -0.15) is 0 Å². The van der Waals surface area contributed by atoms with Gasteiger partial charge >= 0.3 is 0 Å². The van der Waals surface area contributed by atoms with Crippen molar-refractivity contribution in [1.29, 1.82) is 0 Å². The molecule has 1 aromatic carbocycles. The lowest BCUT2D eigenvalue weighted by molar-refractivity contribution is 0.988. The molecule has 0 radical (unpaired) electrons. The zero-order valence-corrected chi connectivity index (χ0v) is 11.1. The highest BCUT2D eigenvalue weighted by Gasteiger charge is 2.06. The predicted octanol–water partition coefficient (Wildman–Crippen LogP) is 3.65. The number of nitrogens with two attached hydrogens (primary N) is 1. The first kappa shape index (κ1) is 12.4. The van der Waals surface area contributed by atoms with Crippen LogP contribution in [0.3, 0.4) is 0 Å². The number of aryl methyl sites for hydroxylation is 1. The van der Waals surface area contributed by atoms with Crippen LogP contribution in [0.5, 0.6) is 0 Å². The Kier molecular flexibility index (Phi) is 4.05. The number of hydrogen-bond donors (Lipinski definition) is 1. The summed E-state index contributed by atoms with van der Waals surface area (Å²) in [7, 11) is 0. The molecule has 0 aliphatic heterocycles. The summed E-state index contributed by atoms with van der Waals surface area (Å²) in [6.07, 6.45) is 1.81. The van der Waals surface area contributed by atoms with Crippen LogP contribution in [0.15, 0.2) is 46.5 Å². The molecule has 0 atom stereocenters. The summed E-state index contributed by atoms with van der Waals surface area (Å²) in [5.74, 6) is 0. The molecule has 1 aromatic heterocycles. The molecule has 0 aliphatic rings. The first-order chi connectivity index (χ1) is 8.20. The van der Waals surface area contributed by atoms with Gasteiger partial charge in [0.15, 0.2) is 0 Å². The van der Waals surface area contributed by atoms with Crippen molar-refractivity contribution in [2.45, 2.75) is 23.4 Å². The Balaban J connectivity index is 2.28. The minimum Gasteiger partial charge on any atom is -0.326 e. The molecule has 0 saturated heterocycles. The van der Waals surface area contributed by atoms with E-state index in [1.54, 1.807) is 11.8 Å². The zero-order valence-electron chi connectivity index (χ0n) is 9.48. The maximum absolute atomic E-state index is 6.12. The van der Waals surface area contributed by atoms with Gasteiger partial charge in [0.2, 0.25) is 0 Å². The Morgan fingerprint density at radius 1 is 1.35 bits per heavy atom. The third kappa shape index (κ3) is 3.00. The second-order valence-electron chi connectivity index (χ2n) is 3.70. The van der Waals surface area contributed by atoms with Gasteiger partial charge in [-0.25, -0.2) is 4.98 Å². The standard InChI is InChI=1S/C13H13ClN2S/c1-9-6-10(7-15)8-16-13(9)17-12-5-3-2-4-11(12)14/h2-6,8H,7,15H2,1H3. The minimum atomic E-state index is 0.519. The van der Waals surface area contributed by atoms with Gasteiger partial charge in [0.05, 0.1) is 5.02 Å². The van der Waals surface area contributed by atoms with Crippen LogP contribution in [-0.4, -0.2) is 4.98 Å². The Bertz CT molecular complexity index is 529. The molecule has 0 spiro atoms. The van der Waals surface area contributed by atoms with Crippen molar-refractivity contribution >= 4 is 23.4 Å². The summed E-state index contributed by atoms with van der Waals surface area (Å²) in [5.41, 5.74) is 7.75. The predicted molar refractivity (Wildman–Crippen MR) is 72.4 cm³/mol. The normalized spacial score (nSPS) is 10.5. The highest BCUT2D eigenvalue weighted by Crippen LogP contribution is 2.33. The van der Waals surface area contributed by atoms with E-state index in [0.29, 0.717) is 6.54 Å². The molecule has 0 amide bonds. The minimum absolute atomic E-state index is 0.519. The van der Waals surface area contributed by atoms with Crippen LogP contribution in [0.1, 0.15) is 11.1 Å². The van der Waals surface area contributed by atoms with Crippen molar-refractivity contribution in [3.63, 3.8) is 0 Å². The number of halogens is 1. The molecule has 2 rings (SSSR count). The van der Waals surface area contributed by atoms with E-state index in [-0.39, 0.29) is 0 Å². The summed E-state index contributed by atoms with van der Waals surface area (Å²) < 4.78 is 0. The van der Waals surface area contributed by atoms with E-state index < -0.39 is 0 Å². The van der Waals surface area contributed by atoms with Crippen molar-refractivity contribution in [1.82, 2.24) is 4.98 Å². The summed E-state index contributed by atoms with van der Waals surface area (Å²) in [4.78, 5) is 5.43. The molecule has 2 nitrogen and oxygen atoms in total. The van der Waals surface area contributed by atoms with Crippen molar-refractivity contribution in [3.05, 3.63) is 52.7 Å². The van der Waals surface area contributed by atoms with Crippen molar-refractivity contribution in [2.75, 3.05) is 0 Å². The van der Waals surface area contributed by atoms with E-state index in [9.17, 15) is 0 Å². The second kappa shape index (κ2) is 5.54. The van der Waals surface area contributed by atoms with Gasteiger partial charge in [-0.05, 0) is 30.2 Å². The van der Waals surface area contributed by atoms with Crippen LogP contribution in [-0.2, 0) is 6.54 Å². The summed E-state index contributed by atoms with van der Waals surface area (Å²) in [6, 6.07) is 9.83. The van der Waals surface area contributed by atoms with Gasteiger partial charge in [-0.1, -0.05) is 41.6 Å². The van der Waals surface area contributed by atoms with E-state index >= 15 is 0 Å². The topological polar surface area (TPSA) is 38.9 Å². The molecular formula is C13H13ClN2S. The molecule has 0 saturated carbocycles. The molecule has 1 heterocycles. The number of rotatable bonds is 3. The molecule has 88 valence electrons. The fourth-order valence-electron chi connectivity index (χ4n) is 1.47. The molecule has 4 heteroatoms. The fourth-order valence-corrected chi connectivity index (χ4v) is 2.57. The number of pyridine rings is 1. The average molecular weight is 265 g/mol. The maximum atomic E-state index is 6.12. The molecule has 2 aromatic rings. The van der Waals surface area contributed by atoms with Gasteiger partial charge in [-0.15, -0.1) is 0 Å². The number of aromatic nitrogens is 1. The second-order valence-corrected chi connectivity index (χ2v) is 5.14. The lowest BCUT2D eigenvalue weighted by Crippen LogP contribution is -1.98. The Hall–Kier alpha value is -1.03. The lowest BCUT2D eigenvalue weighted by Gasteiger charge is -2.07. The number of benzene rings is 1. The van der Waals surface area contributed by atoms with Crippen LogP contribution in [0.4, 0.5) is 0 Å². The van der Waals surface area contributed by atoms with E-state index in [1.807, 2.05) is 37.4 Å². The summed E-state index contributed by atoms with van der Waals surface area (Å²) in [6.45, 7) is 2.55. The Labute approximate surface area is 110 Å². The lowest BCUT2D eigenvalue weighted by atomic mass is 10.2. The van der Waals surface area contributed by atoms with E-state index in [2.05, 4.69) is 11.1 Å². The van der Waals surface area contributed by atoms with Crippen LogP contribution in [0.25, 0.3) is 0 Å². The van der Waals surface area contributed by atoms with Crippen LogP contribution < -0.4 is 5.73 Å². The summed E-state index contributed by atoms with van der Waals surface area (Å²) in [5, 5.41) is 1.72. The third-order valence-electron chi connectivity index (χ3n) is 2.37. The van der Waals surface area contributed by atoms with E-state index in [4.69, 9.17) is 17.3 Å². The molecule has 0 bridgehead atoms. The van der Waals surface area contributed by atoms with Crippen molar-refractivity contribution < 1.29 is 0 Å². The van der Waals surface area contributed by atoms with Gasteiger partial charge < -0.3 is 5.73 Å². The Morgan fingerprint density at radius 2 is 2.12 bits per heavy atom. The van der Waals surface area contributed by atoms with Crippen LogP contribution in [0.2, 0.25) is 5.02 Å². The smallest absolute Gasteiger partial charge is 0.104 e. The Morgan fingerprint density at radius 3 is 2.76 bits per heavy atom. The third-order valence-corrected chi connectivity index (χ3v) is 4.00. The summed E-state index contributed by atoms with van der Waals surface area (Å²) >= 11 is 7.69. The molecule has 0 fully saturated rings. The molecule has 2 N–H and O–H groups in total. The van der Waals surface area contributed by atoms with Gasteiger partial charge in [0, 0.05) is 17.6 Å². The largest absolute Gasteiger partial charge is 0.326 e. The monoisotopic (exact) mass is 264 g/mol. The number of nitrogens with zero attached hydrogens (tertiary/aromatic N) is 1. The first-order valence-electron chi connectivity index (χ1n) is 5.28. The van der Waals surface area contributed by atoms with Crippen LogP contribution in [0, 0.1) is 6.92 Å². The van der Waals surface area contributed by atoms with E-state index in [0.717, 1.165) is 26.1 Å². The average Bonchev–Trinajstić information content (AvgIpc) is 2.34. The maximum Gasteiger partial charge on any atom is 0.104 e. The fraction of sp³-hybridized carbons (Fsp3) is 0.154. The van der Waals surface area contributed by atoms with Crippen molar-refractivity contribution in [2.24, 2.45) is 5.73 Å².